The van der Waals surface area contributed by atoms with Crippen LogP contribution < -0.4 is 10.6 Å². The molecule has 0 atom stereocenters. The molecule has 2 aliphatic rings. The molecule has 226 valence electrons. The van der Waals surface area contributed by atoms with Crippen LogP contribution in [0.25, 0.3) is 5.69 Å². The first-order chi connectivity index (χ1) is 19.1. The number of halogens is 1. The Balaban J connectivity index is 1.75. The maximum atomic E-state index is 13.7. The predicted molar refractivity (Wildman–Crippen MR) is 168 cm³/mol. The first-order valence-electron chi connectivity index (χ1n) is 15.3. The highest BCUT2D eigenvalue weighted by molar-refractivity contribution is 6.33. The van der Waals surface area contributed by atoms with Crippen LogP contribution in [-0.2, 0) is 26.8 Å². The molecule has 1 heterocycles. The van der Waals surface area contributed by atoms with Gasteiger partial charge in [0.05, 0.1) is 11.1 Å². The van der Waals surface area contributed by atoms with Crippen molar-refractivity contribution in [3.63, 3.8) is 0 Å². The molecular weight excluding hydrogens is 534 g/mol. The summed E-state index contributed by atoms with van der Waals surface area (Å²) < 4.78 is 7.10. The van der Waals surface area contributed by atoms with Crippen LogP contribution >= 0.6 is 11.6 Å². The Labute approximate surface area is 251 Å². The highest BCUT2D eigenvalue weighted by Crippen LogP contribution is 2.49. The summed E-state index contributed by atoms with van der Waals surface area (Å²) in [7, 11) is 1.49. The van der Waals surface area contributed by atoms with Crippen molar-refractivity contribution in [2.45, 2.75) is 116 Å². The minimum Gasteiger partial charge on any atom is -0.375 e. The highest BCUT2D eigenvalue weighted by atomic mass is 35.5. The van der Waals surface area contributed by atoms with Gasteiger partial charge in [-0.15, -0.1) is 0 Å². The lowest BCUT2D eigenvalue weighted by Gasteiger charge is -2.26. The fourth-order valence-corrected chi connectivity index (χ4v) is 6.54. The number of methoxy groups -OCH3 is 1. The smallest absolute Gasteiger partial charge is 0.254 e. The lowest BCUT2D eigenvalue weighted by molar-refractivity contribution is -0.126. The van der Waals surface area contributed by atoms with Crippen LogP contribution in [0.5, 0.6) is 0 Å². The van der Waals surface area contributed by atoms with E-state index < -0.39 is 5.54 Å². The Morgan fingerprint density at radius 1 is 1.07 bits per heavy atom. The van der Waals surface area contributed by atoms with Crippen LogP contribution in [0.4, 0.5) is 0 Å². The maximum Gasteiger partial charge on any atom is 0.254 e. The number of carbonyl (C=O) groups is 2. The summed E-state index contributed by atoms with van der Waals surface area (Å²) in [4.78, 5) is 25.9. The first kappa shape index (κ1) is 31.6. The molecule has 2 fully saturated rings. The molecule has 0 bridgehead atoms. The SMILES string of the molecule is COCC(=O)NC(C)(C)CNC(=O)c1c(C)c(CC2CCCCC2)n(-c2cc(C(C)(C)C)cc(C3(C)CC3)c2)c1Cl. The Bertz CT molecular complexity index is 1250. The van der Waals surface area contributed by atoms with Crippen molar-refractivity contribution < 1.29 is 14.3 Å². The molecule has 2 saturated carbocycles. The molecule has 6 nitrogen and oxygen atoms in total. The van der Waals surface area contributed by atoms with E-state index in [0.717, 1.165) is 23.4 Å². The van der Waals surface area contributed by atoms with Gasteiger partial charge < -0.3 is 19.9 Å². The summed E-state index contributed by atoms with van der Waals surface area (Å²) in [6.45, 7) is 15.1. The van der Waals surface area contributed by atoms with E-state index in [2.05, 4.69) is 61.1 Å². The maximum absolute atomic E-state index is 13.7. The summed E-state index contributed by atoms with van der Waals surface area (Å²) >= 11 is 7.22. The van der Waals surface area contributed by atoms with Gasteiger partial charge in [-0.2, -0.15) is 0 Å². The van der Waals surface area contributed by atoms with E-state index in [4.69, 9.17) is 16.3 Å². The van der Waals surface area contributed by atoms with Crippen LogP contribution in [0.3, 0.4) is 0 Å². The van der Waals surface area contributed by atoms with E-state index in [1.807, 2.05) is 20.8 Å². The molecule has 1 aromatic carbocycles. The van der Waals surface area contributed by atoms with Crippen LogP contribution in [0.2, 0.25) is 5.15 Å². The van der Waals surface area contributed by atoms with Crippen molar-refractivity contribution in [3.05, 3.63) is 51.3 Å². The van der Waals surface area contributed by atoms with Crippen molar-refractivity contribution in [2.24, 2.45) is 5.92 Å². The van der Waals surface area contributed by atoms with E-state index in [1.165, 1.54) is 63.2 Å². The number of hydrogen-bond donors (Lipinski definition) is 2. The van der Waals surface area contributed by atoms with Gasteiger partial charge in [-0.1, -0.05) is 77.5 Å². The molecule has 2 N–H and O–H groups in total. The average molecular weight is 584 g/mol. The molecule has 2 amide bonds. The molecule has 4 rings (SSSR count). The molecule has 0 unspecified atom stereocenters. The lowest BCUT2D eigenvalue weighted by Crippen LogP contribution is -2.52. The Hall–Kier alpha value is -2.31. The third-order valence-corrected chi connectivity index (χ3v) is 9.46. The lowest BCUT2D eigenvalue weighted by atomic mass is 9.83. The number of nitrogens with zero attached hydrogens (tertiary/aromatic N) is 1. The number of ether oxygens (including phenoxy) is 1. The fraction of sp³-hybridized carbons (Fsp3) is 0.647. The number of nitrogens with one attached hydrogen (secondary N) is 2. The monoisotopic (exact) mass is 583 g/mol. The molecular formula is C34H50ClN3O3. The minimum absolute atomic E-state index is 0.0206. The Morgan fingerprint density at radius 3 is 2.32 bits per heavy atom. The second kappa shape index (κ2) is 12.1. The number of carbonyl (C=O) groups excluding carboxylic acids is 2. The van der Waals surface area contributed by atoms with E-state index in [1.54, 1.807) is 0 Å². The standard InChI is InChI=1S/C34H50ClN3O3/c1-22-27(16-23-12-10-9-11-13-23)38(26-18-24(32(2,3)4)17-25(19-26)34(7)14-15-34)30(35)29(22)31(40)36-21-33(5,6)37-28(39)20-41-8/h17-19,23H,9-16,20-21H2,1-8H3,(H,36,40)(H,37,39). The second-order valence-electron chi connectivity index (χ2n) is 14.4. The second-order valence-corrected chi connectivity index (χ2v) is 14.8. The van der Waals surface area contributed by atoms with Gasteiger partial charge in [0.25, 0.3) is 5.91 Å². The Kier molecular flexibility index (Phi) is 9.35. The van der Waals surface area contributed by atoms with Crippen LogP contribution in [0.1, 0.15) is 119 Å². The molecule has 0 aliphatic heterocycles. The van der Waals surface area contributed by atoms with Gasteiger partial charge in [-0.05, 0) is 85.6 Å². The highest BCUT2D eigenvalue weighted by Gasteiger charge is 2.40. The number of benzene rings is 1. The normalized spacial score (nSPS) is 17.4. The summed E-state index contributed by atoms with van der Waals surface area (Å²) in [6, 6.07) is 6.93. The third-order valence-electron chi connectivity index (χ3n) is 9.10. The van der Waals surface area contributed by atoms with E-state index in [-0.39, 0.29) is 35.8 Å². The largest absolute Gasteiger partial charge is 0.375 e. The van der Waals surface area contributed by atoms with Crippen molar-refractivity contribution in [3.8, 4) is 5.69 Å². The number of aromatic nitrogens is 1. The van der Waals surface area contributed by atoms with Crippen LogP contribution in [0.15, 0.2) is 18.2 Å². The predicted octanol–water partition coefficient (Wildman–Crippen LogP) is 7.18. The summed E-state index contributed by atoms with van der Waals surface area (Å²) in [5.41, 5.74) is 5.82. The van der Waals surface area contributed by atoms with Crippen molar-refractivity contribution in [1.29, 1.82) is 0 Å². The molecule has 1 aromatic heterocycles. The number of amides is 2. The first-order valence-corrected chi connectivity index (χ1v) is 15.7. The summed E-state index contributed by atoms with van der Waals surface area (Å²) in [6.07, 6.45) is 9.54. The molecule has 2 aliphatic carbocycles. The van der Waals surface area contributed by atoms with E-state index in [9.17, 15) is 9.59 Å². The Morgan fingerprint density at radius 2 is 1.73 bits per heavy atom. The summed E-state index contributed by atoms with van der Waals surface area (Å²) in [5.74, 6) is 0.150. The topological polar surface area (TPSA) is 72.4 Å². The zero-order valence-electron chi connectivity index (χ0n) is 26.4. The molecule has 0 saturated heterocycles. The molecule has 0 radical (unpaired) electrons. The number of rotatable bonds is 10. The molecule has 7 heteroatoms. The third kappa shape index (κ3) is 7.37. The van der Waals surface area contributed by atoms with Gasteiger partial charge in [0.2, 0.25) is 5.91 Å². The van der Waals surface area contributed by atoms with Crippen molar-refractivity contribution in [2.75, 3.05) is 20.3 Å². The van der Waals surface area contributed by atoms with Gasteiger partial charge in [0.15, 0.2) is 0 Å². The van der Waals surface area contributed by atoms with E-state index in [0.29, 0.717) is 16.6 Å². The van der Waals surface area contributed by atoms with Crippen molar-refractivity contribution in [1.82, 2.24) is 15.2 Å². The van der Waals surface area contributed by atoms with Gasteiger partial charge in [-0.25, -0.2) is 0 Å². The minimum atomic E-state index is -0.644. The van der Waals surface area contributed by atoms with Gasteiger partial charge in [-0.3, -0.25) is 9.59 Å². The zero-order valence-corrected chi connectivity index (χ0v) is 27.2. The van der Waals surface area contributed by atoms with Crippen LogP contribution in [0, 0.1) is 12.8 Å². The van der Waals surface area contributed by atoms with Crippen molar-refractivity contribution >= 4 is 23.4 Å². The fourth-order valence-electron chi connectivity index (χ4n) is 6.12. The summed E-state index contributed by atoms with van der Waals surface area (Å²) in [5, 5.41) is 6.44. The molecule has 0 spiro atoms. The van der Waals surface area contributed by atoms with Gasteiger partial charge >= 0.3 is 0 Å². The number of hydrogen-bond acceptors (Lipinski definition) is 3. The quantitative estimate of drug-likeness (QED) is 0.311. The van der Waals surface area contributed by atoms with E-state index >= 15 is 0 Å². The average Bonchev–Trinajstić information content (AvgIpc) is 3.60. The molecule has 41 heavy (non-hydrogen) atoms. The zero-order chi connectivity index (χ0) is 30.2. The van der Waals surface area contributed by atoms with Gasteiger partial charge in [0, 0.05) is 25.0 Å². The molecule has 2 aromatic rings. The van der Waals surface area contributed by atoms with Crippen LogP contribution in [-0.4, -0.2) is 42.2 Å². The van der Waals surface area contributed by atoms with Gasteiger partial charge in [0.1, 0.15) is 11.8 Å².